The van der Waals surface area contributed by atoms with Crippen molar-refractivity contribution in [3.05, 3.63) is 18.2 Å². The summed E-state index contributed by atoms with van der Waals surface area (Å²) in [6.45, 7) is 3.31. The van der Waals surface area contributed by atoms with Crippen LogP contribution in [0.2, 0.25) is 0 Å². The van der Waals surface area contributed by atoms with Gasteiger partial charge in [-0.3, -0.25) is 19.3 Å². The van der Waals surface area contributed by atoms with Gasteiger partial charge in [0.1, 0.15) is 12.3 Å². The van der Waals surface area contributed by atoms with E-state index >= 15 is 0 Å². The zero-order valence-electron chi connectivity index (χ0n) is 19.1. The number of esters is 1. The third kappa shape index (κ3) is 5.03. The number of carbonyl (C=O) groups is 3. The number of anilines is 1. The quantitative estimate of drug-likeness (QED) is 0.514. The Bertz CT molecular complexity index is 1050. The number of likely N-dealkylation sites (tertiary alicyclic amines) is 1. The van der Waals surface area contributed by atoms with Crippen molar-refractivity contribution in [2.24, 2.45) is 5.92 Å². The molecular weight excluding hydrogens is 466 g/mol. The van der Waals surface area contributed by atoms with E-state index in [1.165, 1.54) is 27.4 Å². The molecule has 1 aromatic carbocycles. The van der Waals surface area contributed by atoms with E-state index in [1.54, 1.807) is 11.8 Å². The van der Waals surface area contributed by atoms with E-state index in [-0.39, 0.29) is 61.9 Å². The Kier molecular flexibility index (Phi) is 7.39. The average molecular weight is 496 g/mol. The fraction of sp³-hybridized carbons (Fsp3) is 0.591. The molecule has 1 aromatic rings. The highest BCUT2D eigenvalue weighted by Gasteiger charge is 2.34. The molecule has 2 saturated heterocycles. The first-order valence-electron chi connectivity index (χ1n) is 11.4. The number of ether oxygens (including phenoxy) is 3. The van der Waals surface area contributed by atoms with Crippen LogP contribution >= 0.6 is 0 Å². The van der Waals surface area contributed by atoms with Gasteiger partial charge < -0.3 is 19.1 Å². The Hall–Kier alpha value is -2.70. The van der Waals surface area contributed by atoms with Gasteiger partial charge in [0.05, 0.1) is 36.3 Å². The van der Waals surface area contributed by atoms with Gasteiger partial charge in [-0.25, -0.2) is 8.42 Å². The van der Waals surface area contributed by atoms with Gasteiger partial charge in [-0.15, -0.1) is 0 Å². The zero-order valence-corrected chi connectivity index (χ0v) is 19.9. The Balaban J connectivity index is 1.53. The van der Waals surface area contributed by atoms with Gasteiger partial charge in [0.2, 0.25) is 15.9 Å². The summed E-state index contributed by atoms with van der Waals surface area (Å²) in [5.74, 6) is -1.16. The molecule has 3 aliphatic heterocycles. The lowest BCUT2D eigenvalue weighted by Crippen LogP contribution is -2.50. The molecule has 2 fully saturated rings. The molecule has 12 heteroatoms. The monoisotopic (exact) mass is 495 g/mol. The lowest BCUT2D eigenvalue weighted by molar-refractivity contribution is -0.151. The molecule has 34 heavy (non-hydrogen) atoms. The van der Waals surface area contributed by atoms with Gasteiger partial charge in [0.25, 0.3) is 5.91 Å². The van der Waals surface area contributed by atoms with Crippen LogP contribution in [0.5, 0.6) is 5.75 Å². The summed E-state index contributed by atoms with van der Waals surface area (Å²) in [6, 6.07) is 4.32. The molecule has 1 atom stereocenters. The number of nitrogens with zero attached hydrogens (tertiary/aromatic N) is 3. The maximum absolute atomic E-state index is 13.1. The summed E-state index contributed by atoms with van der Waals surface area (Å²) in [4.78, 5) is 40.7. The minimum atomic E-state index is -3.79. The van der Waals surface area contributed by atoms with E-state index < -0.39 is 21.8 Å². The van der Waals surface area contributed by atoms with Crippen LogP contribution < -0.4 is 9.64 Å². The van der Waals surface area contributed by atoms with Gasteiger partial charge in [0, 0.05) is 26.2 Å². The molecular formula is C22H29N3O8S. The van der Waals surface area contributed by atoms with E-state index in [1.807, 2.05) is 0 Å². The van der Waals surface area contributed by atoms with Gasteiger partial charge in [0.15, 0.2) is 6.61 Å². The summed E-state index contributed by atoms with van der Waals surface area (Å²) in [7, 11) is -3.79. The molecule has 11 nitrogen and oxygen atoms in total. The van der Waals surface area contributed by atoms with Crippen LogP contribution in [-0.2, 0) is 33.9 Å². The minimum Gasteiger partial charge on any atom is -0.482 e. The number of sulfonamides is 1. The van der Waals surface area contributed by atoms with Crippen LogP contribution in [-0.4, -0.2) is 94.6 Å². The number of morpholine rings is 1. The average Bonchev–Trinajstić information content (AvgIpc) is 2.86. The Morgan fingerprint density at radius 1 is 1.18 bits per heavy atom. The molecule has 3 heterocycles. The predicted octanol–water partition coefficient (Wildman–Crippen LogP) is 0.235. The van der Waals surface area contributed by atoms with Crippen molar-refractivity contribution in [1.29, 1.82) is 0 Å². The second kappa shape index (κ2) is 10.3. The molecule has 0 N–H and O–H groups in total. The number of hydrogen-bond donors (Lipinski definition) is 0. The first-order valence-corrected chi connectivity index (χ1v) is 12.8. The smallest absolute Gasteiger partial charge is 0.310 e. The maximum atomic E-state index is 13.1. The van der Waals surface area contributed by atoms with Crippen molar-refractivity contribution in [1.82, 2.24) is 9.21 Å². The van der Waals surface area contributed by atoms with E-state index in [9.17, 15) is 22.8 Å². The second-order valence-corrected chi connectivity index (χ2v) is 10.3. The maximum Gasteiger partial charge on any atom is 0.310 e. The van der Waals surface area contributed by atoms with Crippen molar-refractivity contribution >= 4 is 33.5 Å². The molecule has 3 aliphatic rings. The fourth-order valence-corrected chi connectivity index (χ4v) is 5.77. The summed E-state index contributed by atoms with van der Waals surface area (Å²) in [5, 5.41) is 0. The van der Waals surface area contributed by atoms with Gasteiger partial charge >= 0.3 is 5.97 Å². The van der Waals surface area contributed by atoms with Crippen molar-refractivity contribution in [3.63, 3.8) is 0 Å². The van der Waals surface area contributed by atoms with Crippen molar-refractivity contribution in [2.45, 2.75) is 24.7 Å². The van der Waals surface area contributed by atoms with E-state index in [4.69, 9.17) is 14.2 Å². The number of carbonyl (C=O) groups excluding carboxylic acids is 3. The van der Waals surface area contributed by atoms with Crippen LogP contribution in [0, 0.1) is 5.92 Å². The lowest BCUT2D eigenvalue weighted by atomic mass is 9.98. The third-order valence-corrected chi connectivity index (χ3v) is 8.06. The van der Waals surface area contributed by atoms with Crippen LogP contribution in [0.1, 0.15) is 19.8 Å². The Labute approximate surface area is 198 Å². The van der Waals surface area contributed by atoms with Crippen molar-refractivity contribution in [2.75, 3.05) is 64.1 Å². The van der Waals surface area contributed by atoms with Crippen LogP contribution in [0.15, 0.2) is 23.1 Å². The second-order valence-electron chi connectivity index (χ2n) is 8.35. The molecule has 1 unspecified atom stereocenters. The SMILES string of the molecule is CCOC(=O)C1CCCN(C(=O)CN2C(=O)COc3ccc(S(=O)(=O)N4CCOCC4)cc32)C1. The predicted molar refractivity (Wildman–Crippen MR) is 120 cm³/mol. The summed E-state index contributed by atoms with van der Waals surface area (Å²) in [5.41, 5.74) is 0.234. The third-order valence-electron chi connectivity index (χ3n) is 6.17. The highest BCUT2D eigenvalue weighted by Crippen LogP contribution is 2.35. The Morgan fingerprint density at radius 2 is 1.94 bits per heavy atom. The highest BCUT2D eigenvalue weighted by molar-refractivity contribution is 7.89. The number of benzene rings is 1. The summed E-state index contributed by atoms with van der Waals surface area (Å²) < 4.78 is 43.3. The van der Waals surface area contributed by atoms with E-state index in [2.05, 4.69) is 0 Å². The summed E-state index contributed by atoms with van der Waals surface area (Å²) in [6.07, 6.45) is 1.30. The minimum absolute atomic E-state index is 0.0178. The standard InChI is InChI=1S/C22H29N3O8S/c1-2-32-22(28)16-4-3-7-23(13-16)20(26)14-25-18-12-17(5-6-19(18)33-15-21(25)27)34(29,30)24-8-10-31-11-9-24/h5-6,12,16H,2-4,7-11,13-15H2,1H3. The molecule has 0 bridgehead atoms. The first-order chi connectivity index (χ1) is 16.3. The summed E-state index contributed by atoms with van der Waals surface area (Å²) >= 11 is 0. The molecule has 0 radical (unpaired) electrons. The number of fused-ring (bicyclic) bond motifs is 1. The molecule has 0 spiro atoms. The van der Waals surface area contributed by atoms with Crippen molar-refractivity contribution < 1.29 is 37.0 Å². The van der Waals surface area contributed by atoms with Gasteiger partial charge in [-0.1, -0.05) is 0 Å². The van der Waals surface area contributed by atoms with Crippen molar-refractivity contribution in [3.8, 4) is 5.75 Å². The van der Waals surface area contributed by atoms with Crippen LogP contribution in [0.4, 0.5) is 5.69 Å². The lowest BCUT2D eigenvalue weighted by Gasteiger charge is -2.35. The van der Waals surface area contributed by atoms with Gasteiger partial charge in [-0.05, 0) is 38.0 Å². The van der Waals surface area contributed by atoms with Crippen LogP contribution in [0.25, 0.3) is 0 Å². The fourth-order valence-electron chi connectivity index (χ4n) is 4.34. The Morgan fingerprint density at radius 3 is 2.68 bits per heavy atom. The normalized spacial score (nSPS) is 21.6. The molecule has 2 amide bonds. The number of hydrogen-bond acceptors (Lipinski definition) is 8. The zero-order chi connectivity index (χ0) is 24.3. The number of rotatable bonds is 6. The van der Waals surface area contributed by atoms with Crippen LogP contribution in [0.3, 0.4) is 0 Å². The highest BCUT2D eigenvalue weighted by atomic mass is 32.2. The van der Waals surface area contributed by atoms with Gasteiger partial charge in [-0.2, -0.15) is 4.31 Å². The molecule has 186 valence electrons. The molecule has 4 rings (SSSR count). The van der Waals surface area contributed by atoms with E-state index in [0.29, 0.717) is 38.3 Å². The number of amides is 2. The molecule has 0 aromatic heterocycles. The largest absolute Gasteiger partial charge is 0.482 e. The topological polar surface area (TPSA) is 123 Å². The van der Waals surface area contributed by atoms with E-state index in [0.717, 1.165) is 0 Å². The number of piperidine rings is 1. The first kappa shape index (κ1) is 24.4. The molecule has 0 aliphatic carbocycles. The molecule has 0 saturated carbocycles.